The highest BCUT2D eigenvalue weighted by atomic mass is 16.5. The number of rotatable bonds is 5. The van der Waals surface area contributed by atoms with Crippen LogP contribution in [0.3, 0.4) is 0 Å². The Morgan fingerprint density at radius 2 is 1.67 bits per heavy atom. The lowest BCUT2D eigenvalue weighted by molar-refractivity contribution is 0.415. The molecule has 5 rings (SSSR count). The number of ether oxygens (including phenoxy) is 1. The van der Waals surface area contributed by atoms with Crippen molar-refractivity contribution in [1.82, 2.24) is 28.5 Å². The molecule has 0 fully saturated rings. The molecule has 0 aliphatic carbocycles. The molecule has 0 saturated carbocycles. The second-order valence-electron chi connectivity index (χ2n) is 7.76. The van der Waals surface area contributed by atoms with E-state index in [0.717, 1.165) is 32.8 Å². The number of fused-ring (bicyclic) bond motifs is 1. The Morgan fingerprint density at radius 1 is 0.939 bits per heavy atom. The normalized spacial score (nSPS) is 11.2. The molecular weight excluding hydrogens is 420 g/mol. The van der Waals surface area contributed by atoms with Crippen molar-refractivity contribution in [3.8, 4) is 22.7 Å². The van der Waals surface area contributed by atoms with E-state index in [9.17, 15) is 9.59 Å². The van der Waals surface area contributed by atoms with Crippen LogP contribution in [0, 0.1) is 0 Å². The molecule has 0 radical (unpaired) electrons. The van der Waals surface area contributed by atoms with Gasteiger partial charge >= 0.3 is 5.69 Å². The monoisotopic (exact) mass is 442 g/mol. The van der Waals surface area contributed by atoms with Gasteiger partial charge in [-0.05, 0) is 36.4 Å². The van der Waals surface area contributed by atoms with Gasteiger partial charge in [-0.15, -0.1) is 0 Å². The van der Waals surface area contributed by atoms with Crippen LogP contribution in [0.15, 0.2) is 76.7 Å². The summed E-state index contributed by atoms with van der Waals surface area (Å²) in [6, 6.07) is 17.5. The van der Waals surface area contributed by atoms with Gasteiger partial charge < -0.3 is 9.30 Å². The zero-order chi connectivity index (χ0) is 23.1. The highest BCUT2D eigenvalue weighted by Crippen LogP contribution is 2.27. The van der Waals surface area contributed by atoms with Crippen LogP contribution in [-0.4, -0.2) is 35.6 Å². The van der Waals surface area contributed by atoms with Crippen molar-refractivity contribution in [2.75, 3.05) is 7.11 Å². The van der Waals surface area contributed by atoms with Crippen LogP contribution >= 0.6 is 0 Å². The van der Waals surface area contributed by atoms with Crippen molar-refractivity contribution in [3.63, 3.8) is 0 Å². The summed E-state index contributed by atoms with van der Waals surface area (Å²) in [4.78, 5) is 29.5. The number of hydrogen-bond donors (Lipinski definition) is 0. The van der Waals surface area contributed by atoms with E-state index in [1.807, 2.05) is 65.5 Å². The van der Waals surface area contributed by atoms with Crippen molar-refractivity contribution < 1.29 is 4.74 Å². The standard InChI is InChI=1S/C24H22N6O3/c1-27-22-21(23(31)28(2)24(27)32)29(15-25-22)13-17-14-30(18-7-5-4-6-8-18)26-20(17)16-9-11-19(33-3)12-10-16/h4-12,14-15H,13H2,1-3H3. The summed E-state index contributed by atoms with van der Waals surface area (Å²) in [6.45, 7) is 0.359. The van der Waals surface area contributed by atoms with Gasteiger partial charge in [-0.25, -0.2) is 14.5 Å². The second kappa shape index (κ2) is 7.94. The SMILES string of the molecule is COc1ccc(-c2nn(-c3ccccc3)cc2Cn2cnc3c2c(=O)n(C)c(=O)n3C)cc1. The van der Waals surface area contributed by atoms with Gasteiger partial charge in [-0.3, -0.25) is 13.9 Å². The quantitative estimate of drug-likeness (QED) is 0.417. The number of aromatic nitrogens is 6. The zero-order valence-corrected chi connectivity index (χ0v) is 18.5. The largest absolute Gasteiger partial charge is 0.497 e. The summed E-state index contributed by atoms with van der Waals surface area (Å²) in [5.74, 6) is 0.757. The Labute approximate surface area is 188 Å². The summed E-state index contributed by atoms with van der Waals surface area (Å²) < 4.78 is 11.3. The molecule has 0 saturated heterocycles. The van der Waals surface area contributed by atoms with Gasteiger partial charge in [-0.2, -0.15) is 5.10 Å². The lowest BCUT2D eigenvalue weighted by atomic mass is 10.1. The van der Waals surface area contributed by atoms with Crippen molar-refractivity contribution in [1.29, 1.82) is 0 Å². The summed E-state index contributed by atoms with van der Waals surface area (Å²) in [7, 11) is 4.71. The average Bonchev–Trinajstić information content (AvgIpc) is 3.47. The van der Waals surface area contributed by atoms with E-state index in [1.54, 1.807) is 25.1 Å². The number of nitrogens with zero attached hydrogens (tertiary/aromatic N) is 6. The molecule has 0 atom stereocenters. The predicted octanol–water partition coefficient (Wildman–Crippen LogP) is 2.34. The van der Waals surface area contributed by atoms with Gasteiger partial charge in [0.2, 0.25) is 0 Å². The van der Waals surface area contributed by atoms with E-state index >= 15 is 0 Å². The molecule has 9 heteroatoms. The maximum absolute atomic E-state index is 12.9. The van der Waals surface area contributed by atoms with Gasteiger partial charge in [0.25, 0.3) is 5.56 Å². The van der Waals surface area contributed by atoms with E-state index < -0.39 is 5.69 Å². The number of aryl methyl sites for hydroxylation is 1. The minimum absolute atomic E-state index is 0.351. The molecule has 3 aromatic heterocycles. The third-order valence-electron chi connectivity index (χ3n) is 5.73. The fourth-order valence-corrected chi connectivity index (χ4v) is 3.93. The van der Waals surface area contributed by atoms with E-state index in [1.165, 1.54) is 11.6 Å². The fourth-order valence-electron chi connectivity index (χ4n) is 3.93. The number of hydrogen-bond acceptors (Lipinski definition) is 5. The first-order valence-electron chi connectivity index (χ1n) is 10.4. The van der Waals surface area contributed by atoms with Gasteiger partial charge in [0, 0.05) is 31.4 Å². The highest BCUT2D eigenvalue weighted by Gasteiger charge is 2.18. The maximum Gasteiger partial charge on any atom is 0.332 e. The summed E-state index contributed by atoms with van der Waals surface area (Å²) in [5, 5.41) is 4.84. The van der Waals surface area contributed by atoms with E-state index in [2.05, 4.69) is 4.98 Å². The Bertz CT molecular complexity index is 1570. The van der Waals surface area contributed by atoms with Gasteiger partial charge in [0.1, 0.15) is 5.75 Å². The molecule has 33 heavy (non-hydrogen) atoms. The van der Waals surface area contributed by atoms with E-state index in [-0.39, 0.29) is 5.56 Å². The molecule has 3 heterocycles. The van der Waals surface area contributed by atoms with Crippen molar-refractivity contribution in [3.05, 3.63) is 93.5 Å². The first-order valence-corrected chi connectivity index (χ1v) is 10.4. The third-order valence-corrected chi connectivity index (χ3v) is 5.73. The van der Waals surface area contributed by atoms with Crippen LogP contribution in [0.25, 0.3) is 28.1 Å². The first kappa shape index (κ1) is 20.5. The lowest BCUT2D eigenvalue weighted by Gasteiger charge is -2.07. The summed E-state index contributed by atoms with van der Waals surface area (Å²) in [5.41, 5.74) is 3.46. The van der Waals surface area contributed by atoms with Crippen LogP contribution in [0.2, 0.25) is 0 Å². The summed E-state index contributed by atoms with van der Waals surface area (Å²) in [6.07, 6.45) is 3.54. The molecule has 2 aromatic carbocycles. The Hall–Kier alpha value is -4.40. The molecule has 0 spiro atoms. The maximum atomic E-state index is 12.9. The Kier molecular flexibility index (Phi) is 4.93. The third kappa shape index (κ3) is 3.43. The molecule has 166 valence electrons. The summed E-state index contributed by atoms with van der Waals surface area (Å²) >= 11 is 0. The van der Waals surface area contributed by atoms with Crippen LogP contribution in [0.4, 0.5) is 0 Å². The molecule has 9 nitrogen and oxygen atoms in total. The number of methoxy groups -OCH3 is 1. The molecular formula is C24H22N6O3. The molecule has 0 N–H and O–H groups in total. The zero-order valence-electron chi connectivity index (χ0n) is 18.5. The van der Waals surface area contributed by atoms with E-state index in [4.69, 9.17) is 9.84 Å². The Balaban J connectivity index is 1.67. The van der Waals surface area contributed by atoms with Crippen molar-refractivity contribution in [2.45, 2.75) is 6.54 Å². The number of benzene rings is 2. The molecule has 0 aliphatic heterocycles. The first-order chi connectivity index (χ1) is 16.0. The van der Waals surface area contributed by atoms with Crippen LogP contribution in [0.5, 0.6) is 5.75 Å². The van der Waals surface area contributed by atoms with Crippen molar-refractivity contribution in [2.24, 2.45) is 14.1 Å². The van der Waals surface area contributed by atoms with E-state index in [0.29, 0.717) is 17.7 Å². The topological polar surface area (TPSA) is 88.9 Å². The predicted molar refractivity (Wildman–Crippen MR) is 125 cm³/mol. The molecule has 0 aliphatic rings. The molecule has 0 unspecified atom stereocenters. The second-order valence-corrected chi connectivity index (χ2v) is 7.76. The average molecular weight is 442 g/mol. The van der Waals surface area contributed by atoms with Gasteiger partial charge in [0.15, 0.2) is 11.2 Å². The Morgan fingerprint density at radius 3 is 2.36 bits per heavy atom. The highest BCUT2D eigenvalue weighted by molar-refractivity contribution is 5.71. The van der Waals surface area contributed by atoms with Gasteiger partial charge in [-0.1, -0.05) is 18.2 Å². The molecule has 0 amide bonds. The van der Waals surface area contributed by atoms with Crippen LogP contribution < -0.4 is 16.0 Å². The van der Waals surface area contributed by atoms with Crippen LogP contribution in [-0.2, 0) is 20.6 Å². The number of imidazole rings is 1. The minimum atomic E-state index is -0.409. The van der Waals surface area contributed by atoms with Crippen molar-refractivity contribution >= 4 is 11.2 Å². The fraction of sp³-hybridized carbons (Fsp3) is 0.167. The van der Waals surface area contributed by atoms with Crippen LogP contribution in [0.1, 0.15) is 5.56 Å². The number of para-hydroxylation sites is 1. The smallest absolute Gasteiger partial charge is 0.332 e. The minimum Gasteiger partial charge on any atom is -0.497 e. The molecule has 5 aromatic rings. The lowest BCUT2D eigenvalue weighted by Crippen LogP contribution is -2.37. The van der Waals surface area contributed by atoms with Gasteiger partial charge in [0.05, 0.1) is 31.4 Å². The molecule has 0 bridgehead atoms.